The van der Waals surface area contributed by atoms with Gasteiger partial charge in [0.1, 0.15) is 12.2 Å². The number of hydrogen-bond acceptors (Lipinski definition) is 9. The van der Waals surface area contributed by atoms with E-state index in [0.29, 0.717) is 35.6 Å². The van der Waals surface area contributed by atoms with Crippen LogP contribution in [0.25, 0.3) is 22.1 Å². The normalized spacial score (nSPS) is 12.0. The Kier molecular flexibility index (Phi) is 12.8. The van der Waals surface area contributed by atoms with Crippen LogP contribution in [-0.4, -0.2) is 58.7 Å². The van der Waals surface area contributed by atoms with Gasteiger partial charge >= 0.3 is 17.8 Å². The molecule has 0 atom stereocenters. The van der Waals surface area contributed by atoms with Crippen LogP contribution in [-0.2, 0) is 15.7 Å². The molecule has 0 unspecified atom stereocenters. The number of aromatic nitrogens is 1. The monoisotopic (exact) mass is 629 g/mol. The van der Waals surface area contributed by atoms with Gasteiger partial charge in [-0.05, 0) is 44.0 Å². The smallest absolute Gasteiger partial charge is 0.416 e. The molecular weight excluding hydrogens is 596 g/mol. The molecule has 41 heavy (non-hydrogen) atoms. The number of thioether (sulfide) groups is 3. The van der Waals surface area contributed by atoms with Gasteiger partial charge in [0.2, 0.25) is 5.88 Å². The second kappa shape index (κ2) is 15.8. The molecule has 1 aromatic carbocycles. The fourth-order valence-corrected chi connectivity index (χ4v) is 6.29. The number of esters is 1. The van der Waals surface area contributed by atoms with Crippen molar-refractivity contribution in [1.82, 2.24) is 4.98 Å². The second-order valence-corrected chi connectivity index (χ2v) is 13.3. The molecule has 0 aliphatic rings. The molecule has 0 amide bonds. The summed E-state index contributed by atoms with van der Waals surface area (Å²) in [4.78, 5) is 28.7. The molecule has 0 aliphatic heterocycles. The zero-order valence-electron chi connectivity index (χ0n) is 23.3. The third-order valence-corrected chi connectivity index (χ3v) is 9.63. The summed E-state index contributed by atoms with van der Waals surface area (Å²) >= 11 is 5.46. The minimum atomic E-state index is -4.45. The highest BCUT2D eigenvalue weighted by Crippen LogP contribution is 2.31. The minimum Gasteiger partial charge on any atom is -0.477 e. The first kappa shape index (κ1) is 33.2. The summed E-state index contributed by atoms with van der Waals surface area (Å²) < 4.78 is 54.9. The summed E-state index contributed by atoms with van der Waals surface area (Å²) in [5.74, 6) is 5.88. The van der Waals surface area contributed by atoms with E-state index in [0.717, 1.165) is 53.1 Å². The van der Waals surface area contributed by atoms with E-state index in [1.807, 2.05) is 32.5 Å². The first-order chi connectivity index (χ1) is 19.5. The number of carbonyl (C=O) groups is 1. The zero-order valence-corrected chi connectivity index (χ0v) is 25.7. The van der Waals surface area contributed by atoms with Crippen LogP contribution >= 0.6 is 35.3 Å². The maximum absolute atomic E-state index is 12.8. The highest BCUT2D eigenvalue weighted by Gasteiger charge is 2.30. The van der Waals surface area contributed by atoms with E-state index in [9.17, 15) is 22.8 Å². The number of ether oxygens (including phenoxy) is 2. The van der Waals surface area contributed by atoms with Crippen molar-refractivity contribution in [1.29, 1.82) is 0 Å². The lowest BCUT2D eigenvalue weighted by molar-refractivity contribution is -0.153. The van der Waals surface area contributed by atoms with Gasteiger partial charge in [0.15, 0.2) is 0 Å². The predicted molar refractivity (Wildman–Crippen MR) is 163 cm³/mol. The Balaban J connectivity index is 1.31. The van der Waals surface area contributed by atoms with Gasteiger partial charge in [-0.1, -0.05) is 19.1 Å². The van der Waals surface area contributed by atoms with Gasteiger partial charge in [-0.25, -0.2) is 9.78 Å². The molecule has 0 bridgehead atoms. The van der Waals surface area contributed by atoms with Crippen molar-refractivity contribution < 1.29 is 31.9 Å². The number of nitrogens with zero attached hydrogens (tertiary/aromatic N) is 1. The van der Waals surface area contributed by atoms with Crippen LogP contribution in [0.1, 0.15) is 32.8 Å². The van der Waals surface area contributed by atoms with E-state index < -0.39 is 22.8 Å². The molecule has 0 saturated carbocycles. The molecule has 0 aliphatic carbocycles. The number of pyridine rings is 1. The Morgan fingerprint density at radius 3 is 2.15 bits per heavy atom. The first-order valence-electron chi connectivity index (χ1n) is 13.2. The number of fused-ring (bicyclic) bond motifs is 1. The van der Waals surface area contributed by atoms with Crippen LogP contribution in [0.5, 0.6) is 5.88 Å². The second-order valence-electron chi connectivity index (χ2n) is 9.64. The van der Waals surface area contributed by atoms with E-state index in [1.165, 1.54) is 24.4 Å². The number of carbonyl (C=O) groups excluding carboxylic acids is 1. The highest BCUT2D eigenvalue weighted by molar-refractivity contribution is 8.04. The maximum Gasteiger partial charge on any atom is 0.416 e. The molecule has 0 spiro atoms. The SMILES string of the molecule is CCC(C)(C)C(=O)OCCSCCSCCSCCOc1cc2oc(=O)c(-c3ccc(C(F)(F)F)cc3)cc2cn1. The molecule has 12 heteroatoms. The average molecular weight is 630 g/mol. The number of benzene rings is 1. The summed E-state index contributed by atoms with van der Waals surface area (Å²) in [7, 11) is 0. The molecule has 3 aromatic rings. The van der Waals surface area contributed by atoms with Crippen LogP contribution in [0.15, 0.2) is 51.8 Å². The Labute approximate surface area is 250 Å². The molecule has 2 heterocycles. The lowest BCUT2D eigenvalue weighted by Gasteiger charge is -2.20. The molecule has 0 saturated heterocycles. The molecule has 3 rings (SSSR count). The average Bonchev–Trinajstić information content (AvgIpc) is 2.94. The Bertz CT molecular complexity index is 1330. The molecule has 0 fully saturated rings. The van der Waals surface area contributed by atoms with Crippen molar-refractivity contribution in [3.8, 4) is 17.0 Å². The largest absolute Gasteiger partial charge is 0.477 e. The van der Waals surface area contributed by atoms with Gasteiger partial charge in [-0.3, -0.25) is 4.79 Å². The predicted octanol–water partition coefficient (Wildman–Crippen LogP) is 7.43. The van der Waals surface area contributed by atoms with Crippen molar-refractivity contribution >= 4 is 52.2 Å². The van der Waals surface area contributed by atoms with Gasteiger partial charge in [-0.2, -0.15) is 48.5 Å². The molecule has 224 valence electrons. The quantitative estimate of drug-likeness (QED) is 0.119. The van der Waals surface area contributed by atoms with Crippen molar-refractivity contribution in [3.05, 3.63) is 58.6 Å². The van der Waals surface area contributed by atoms with E-state index >= 15 is 0 Å². The van der Waals surface area contributed by atoms with E-state index in [4.69, 9.17) is 13.9 Å². The van der Waals surface area contributed by atoms with Crippen LogP contribution in [0.3, 0.4) is 0 Å². The fourth-order valence-electron chi connectivity index (χ4n) is 3.39. The fraction of sp³-hybridized carbons (Fsp3) is 0.483. The molecule has 2 aromatic heterocycles. The zero-order chi connectivity index (χ0) is 29.9. The van der Waals surface area contributed by atoms with Crippen LogP contribution in [0.2, 0.25) is 0 Å². The topological polar surface area (TPSA) is 78.6 Å². The minimum absolute atomic E-state index is 0.132. The third-order valence-electron chi connectivity index (χ3n) is 6.23. The van der Waals surface area contributed by atoms with Gasteiger partial charge < -0.3 is 13.9 Å². The number of rotatable bonds is 16. The Morgan fingerprint density at radius 1 is 0.927 bits per heavy atom. The first-order valence-corrected chi connectivity index (χ1v) is 16.6. The lowest BCUT2D eigenvalue weighted by Crippen LogP contribution is -2.26. The van der Waals surface area contributed by atoms with Crippen LogP contribution in [0.4, 0.5) is 13.2 Å². The van der Waals surface area contributed by atoms with Crippen molar-refractivity contribution in [3.63, 3.8) is 0 Å². The molecule has 0 N–H and O–H groups in total. The third kappa shape index (κ3) is 10.5. The summed E-state index contributed by atoms with van der Waals surface area (Å²) in [5, 5.41) is 0.540. The number of halogens is 3. The van der Waals surface area contributed by atoms with Crippen molar-refractivity contribution in [2.24, 2.45) is 5.41 Å². The number of hydrogen-bond donors (Lipinski definition) is 0. The van der Waals surface area contributed by atoms with Crippen molar-refractivity contribution in [2.45, 2.75) is 33.4 Å². The van der Waals surface area contributed by atoms with E-state index in [2.05, 4.69) is 4.98 Å². The van der Waals surface area contributed by atoms with Gasteiger partial charge in [0.05, 0.1) is 23.1 Å². The van der Waals surface area contributed by atoms with E-state index in [1.54, 1.807) is 29.6 Å². The molecular formula is C29H34F3NO5S3. The molecule has 0 radical (unpaired) electrons. The van der Waals surface area contributed by atoms with Crippen LogP contribution in [0, 0.1) is 5.41 Å². The lowest BCUT2D eigenvalue weighted by atomic mass is 9.91. The highest BCUT2D eigenvalue weighted by atomic mass is 32.2. The number of alkyl halides is 3. The Hall–Kier alpha value is -2.31. The summed E-state index contributed by atoms with van der Waals surface area (Å²) in [6, 6.07) is 7.45. The summed E-state index contributed by atoms with van der Waals surface area (Å²) in [6.07, 6.45) is -2.17. The summed E-state index contributed by atoms with van der Waals surface area (Å²) in [5.41, 5.74) is -1.07. The van der Waals surface area contributed by atoms with Gasteiger partial charge in [-0.15, -0.1) is 0 Å². The van der Waals surface area contributed by atoms with Gasteiger partial charge in [0, 0.05) is 52.2 Å². The maximum atomic E-state index is 12.8. The summed E-state index contributed by atoms with van der Waals surface area (Å²) in [6.45, 7) is 6.69. The van der Waals surface area contributed by atoms with E-state index in [-0.39, 0.29) is 11.5 Å². The van der Waals surface area contributed by atoms with Crippen LogP contribution < -0.4 is 10.4 Å². The van der Waals surface area contributed by atoms with Gasteiger partial charge in [0.25, 0.3) is 0 Å². The molecule has 6 nitrogen and oxygen atoms in total. The standard InChI is InChI=1S/C29H34F3NO5S3/c1-4-28(2,3)27(35)37-10-12-40-14-16-41-15-13-39-11-9-36-25-18-24-21(19-33-25)17-23(26(34)38-24)20-5-7-22(8-6-20)29(30,31)32/h5-8,17-19H,4,9-16H2,1-3H3. The van der Waals surface area contributed by atoms with Crippen molar-refractivity contribution in [2.75, 3.05) is 47.7 Å². The Morgan fingerprint density at radius 2 is 1.54 bits per heavy atom.